The van der Waals surface area contributed by atoms with Crippen molar-refractivity contribution >= 4 is 17.9 Å². The van der Waals surface area contributed by atoms with Crippen LogP contribution in [0, 0.1) is 0 Å². The van der Waals surface area contributed by atoms with Gasteiger partial charge in [-0.05, 0) is 19.1 Å². The first-order valence-corrected chi connectivity index (χ1v) is 7.31. The third kappa shape index (κ3) is 2.51. The summed E-state index contributed by atoms with van der Waals surface area (Å²) in [5, 5.41) is 11.8. The lowest BCUT2D eigenvalue weighted by molar-refractivity contribution is 0.150. The number of hydrogen-bond donors (Lipinski definition) is 1. The monoisotopic (exact) mass is 294 g/mol. The van der Waals surface area contributed by atoms with Gasteiger partial charge in [0.1, 0.15) is 6.10 Å². The Morgan fingerprint density at radius 2 is 2.45 bits per heavy atom. The molecule has 0 saturated carbocycles. The van der Waals surface area contributed by atoms with E-state index in [0.717, 1.165) is 11.7 Å². The first kappa shape index (κ1) is 13.0. The van der Waals surface area contributed by atoms with Gasteiger partial charge in [-0.3, -0.25) is 4.57 Å². The Morgan fingerprint density at radius 3 is 3.10 bits per heavy atom. The minimum absolute atomic E-state index is 0.124. The van der Waals surface area contributed by atoms with Gasteiger partial charge in [0.25, 0.3) is 0 Å². The molecular formula is C12H14N4O3S. The Kier molecular flexibility index (Phi) is 3.64. The molecule has 1 aliphatic heterocycles. The molecule has 3 rings (SSSR count). The van der Waals surface area contributed by atoms with Gasteiger partial charge in [0, 0.05) is 12.3 Å². The molecule has 7 nitrogen and oxygen atoms in total. The molecule has 20 heavy (non-hydrogen) atoms. The Balaban J connectivity index is 1.72. The van der Waals surface area contributed by atoms with E-state index < -0.39 is 0 Å². The molecule has 8 heteroatoms. The number of aromatic nitrogens is 3. The molecule has 1 N–H and O–H groups in total. The number of cyclic esters (lactones) is 1. The van der Waals surface area contributed by atoms with Crippen molar-refractivity contribution in [3.8, 4) is 11.6 Å². The second kappa shape index (κ2) is 5.58. The molecule has 1 atom stereocenters. The topological polar surface area (TPSA) is 82.2 Å². The van der Waals surface area contributed by atoms with E-state index in [4.69, 9.17) is 9.15 Å². The van der Waals surface area contributed by atoms with Crippen molar-refractivity contribution in [2.24, 2.45) is 0 Å². The van der Waals surface area contributed by atoms with Gasteiger partial charge in [0.15, 0.2) is 16.7 Å². The Hall–Kier alpha value is -1.96. The zero-order chi connectivity index (χ0) is 13.9. The molecule has 0 aromatic carbocycles. The van der Waals surface area contributed by atoms with Gasteiger partial charge in [-0.2, -0.15) is 0 Å². The van der Waals surface area contributed by atoms with E-state index in [0.29, 0.717) is 23.9 Å². The molecule has 106 valence electrons. The summed E-state index contributed by atoms with van der Waals surface area (Å²) in [6.07, 6.45) is 1.13. The summed E-state index contributed by atoms with van der Waals surface area (Å²) >= 11 is 1.52. The molecule has 0 aliphatic carbocycles. The number of furan rings is 1. The Labute approximate surface area is 119 Å². The van der Waals surface area contributed by atoms with Crippen molar-refractivity contribution in [1.82, 2.24) is 20.1 Å². The molecule has 2 aromatic heterocycles. The highest BCUT2D eigenvalue weighted by Gasteiger charge is 2.24. The van der Waals surface area contributed by atoms with Gasteiger partial charge in [-0.15, -0.1) is 10.2 Å². The number of alkyl carbamates (subject to hydrolysis) is 1. The number of thioether (sulfide) groups is 1. The minimum atomic E-state index is -0.358. The minimum Gasteiger partial charge on any atom is -0.461 e. The van der Waals surface area contributed by atoms with Crippen molar-refractivity contribution in [2.45, 2.75) is 24.7 Å². The van der Waals surface area contributed by atoms with Gasteiger partial charge < -0.3 is 14.5 Å². The summed E-state index contributed by atoms with van der Waals surface area (Å²) in [5.74, 6) is 2.05. The largest absolute Gasteiger partial charge is 0.461 e. The summed E-state index contributed by atoms with van der Waals surface area (Å²) in [5.41, 5.74) is 0. The zero-order valence-corrected chi connectivity index (χ0v) is 11.7. The number of carbonyl (C=O) groups is 1. The van der Waals surface area contributed by atoms with Crippen LogP contribution in [0.2, 0.25) is 0 Å². The standard InChI is InChI=1S/C12H14N4O3S/c1-2-16-10(9-4-3-5-18-9)14-15-11(16)20-7-8-6-13-12(17)19-8/h3-5,8H,2,6-7H2,1H3,(H,13,17)/t8-/m1/s1. The van der Waals surface area contributed by atoms with Crippen LogP contribution in [0.1, 0.15) is 6.92 Å². The van der Waals surface area contributed by atoms with Crippen LogP contribution in [0.15, 0.2) is 28.0 Å². The van der Waals surface area contributed by atoms with Gasteiger partial charge >= 0.3 is 6.09 Å². The summed E-state index contributed by atoms with van der Waals surface area (Å²) < 4.78 is 12.4. The van der Waals surface area contributed by atoms with Crippen LogP contribution in [-0.2, 0) is 11.3 Å². The first-order chi connectivity index (χ1) is 9.78. The van der Waals surface area contributed by atoms with Gasteiger partial charge in [0.2, 0.25) is 0 Å². The molecule has 0 bridgehead atoms. The quantitative estimate of drug-likeness (QED) is 0.846. The van der Waals surface area contributed by atoms with E-state index in [1.165, 1.54) is 11.8 Å². The highest BCUT2D eigenvalue weighted by atomic mass is 32.2. The molecule has 1 amide bonds. The maximum atomic E-state index is 11.0. The van der Waals surface area contributed by atoms with Crippen LogP contribution in [-0.4, -0.2) is 39.3 Å². The van der Waals surface area contributed by atoms with Gasteiger partial charge in [-0.1, -0.05) is 11.8 Å². The Bertz CT molecular complexity index is 596. The number of nitrogens with one attached hydrogen (secondary N) is 1. The molecule has 2 aromatic rings. The number of nitrogens with zero attached hydrogens (tertiary/aromatic N) is 3. The summed E-state index contributed by atoms with van der Waals surface area (Å²) in [6.45, 7) is 3.31. The van der Waals surface area contributed by atoms with Crippen LogP contribution in [0.4, 0.5) is 4.79 Å². The molecule has 1 fully saturated rings. The van der Waals surface area contributed by atoms with E-state index in [2.05, 4.69) is 15.5 Å². The molecule has 0 spiro atoms. The maximum Gasteiger partial charge on any atom is 0.407 e. The summed E-state index contributed by atoms with van der Waals surface area (Å²) in [4.78, 5) is 11.0. The van der Waals surface area contributed by atoms with E-state index in [1.54, 1.807) is 6.26 Å². The first-order valence-electron chi connectivity index (χ1n) is 6.32. The number of carbonyl (C=O) groups excluding carboxylic acids is 1. The third-order valence-corrected chi connectivity index (χ3v) is 4.02. The summed E-state index contributed by atoms with van der Waals surface area (Å²) in [7, 11) is 0. The highest BCUT2D eigenvalue weighted by Crippen LogP contribution is 2.25. The van der Waals surface area contributed by atoms with E-state index in [1.807, 2.05) is 23.6 Å². The van der Waals surface area contributed by atoms with Crippen molar-refractivity contribution in [3.63, 3.8) is 0 Å². The molecule has 1 aliphatic rings. The molecule has 1 saturated heterocycles. The maximum absolute atomic E-state index is 11.0. The second-order valence-electron chi connectivity index (χ2n) is 4.25. The Morgan fingerprint density at radius 1 is 1.55 bits per heavy atom. The third-order valence-electron chi connectivity index (χ3n) is 2.92. The van der Waals surface area contributed by atoms with Crippen LogP contribution >= 0.6 is 11.8 Å². The van der Waals surface area contributed by atoms with E-state index in [9.17, 15) is 4.79 Å². The number of rotatable bonds is 5. The fraction of sp³-hybridized carbons (Fsp3) is 0.417. The van der Waals surface area contributed by atoms with E-state index in [-0.39, 0.29) is 12.2 Å². The lowest BCUT2D eigenvalue weighted by Gasteiger charge is -2.08. The van der Waals surface area contributed by atoms with E-state index >= 15 is 0 Å². The van der Waals surface area contributed by atoms with Crippen LogP contribution in [0.3, 0.4) is 0 Å². The predicted octanol–water partition coefficient (Wildman–Crippen LogP) is 1.76. The highest BCUT2D eigenvalue weighted by molar-refractivity contribution is 7.99. The smallest absolute Gasteiger partial charge is 0.407 e. The van der Waals surface area contributed by atoms with Gasteiger partial charge in [-0.25, -0.2) is 4.79 Å². The number of ether oxygens (including phenoxy) is 1. The molecular weight excluding hydrogens is 280 g/mol. The number of amides is 1. The van der Waals surface area contributed by atoms with Crippen molar-refractivity contribution in [3.05, 3.63) is 18.4 Å². The molecule has 0 unspecified atom stereocenters. The normalized spacial score (nSPS) is 18.1. The van der Waals surface area contributed by atoms with Crippen LogP contribution < -0.4 is 5.32 Å². The fourth-order valence-electron chi connectivity index (χ4n) is 1.96. The van der Waals surface area contributed by atoms with Crippen LogP contribution in [0.5, 0.6) is 0 Å². The van der Waals surface area contributed by atoms with Gasteiger partial charge in [0.05, 0.1) is 12.8 Å². The summed E-state index contributed by atoms with van der Waals surface area (Å²) in [6, 6.07) is 3.67. The molecule has 3 heterocycles. The lowest BCUT2D eigenvalue weighted by Crippen LogP contribution is -2.17. The van der Waals surface area contributed by atoms with Crippen LogP contribution in [0.25, 0.3) is 11.6 Å². The average Bonchev–Trinajstić information content (AvgIpc) is 3.16. The second-order valence-corrected chi connectivity index (χ2v) is 5.23. The zero-order valence-electron chi connectivity index (χ0n) is 10.9. The average molecular weight is 294 g/mol. The number of hydrogen-bond acceptors (Lipinski definition) is 6. The SMILES string of the molecule is CCn1c(SC[C@H]2CNC(=O)O2)nnc1-c1ccco1. The fourth-order valence-corrected chi connectivity index (χ4v) is 2.95. The predicted molar refractivity (Wildman–Crippen MR) is 72.4 cm³/mol. The van der Waals surface area contributed by atoms with Crippen molar-refractivity contribution in [2.75, 3.05) is 12.3 Å². The lowest BCUT2D eigenvalue weighted by atomic mass is 10.4. The van der Waals surface area contributed by atoms with Crippen molar-refractivity contribution in [1.29, 1.82) is 0 Å². The molecule has 0 radical (unpaired) electrons. The van der Waals surface area contributed by atoms with Crippen molar-refractivity contribution < 1.29 is 13.9 Å².